The van der Waals surface area contributed by atoms with Crippen molar-refractivity contribution in [2.75, 3.05) is 6.61 Å². The second-order valence-electron chi connectivity index (χ2n) is 4.52. The summed E-state index contributed by atoms with van der Waals surface area (Å²) in [6.45, 7) is 2.19. The van der Waals surface area contributed by atoms with E-state index in [0.29, 0.717) is 6.61 Å². The largest absolute Gasteiger partial charge is 0.466 e. The highest BCUT2D eigenvalue weighted by Crippen LogP contribution is 2.33. The van der Waals surface area contributed by atoms with Gasteiger partial charge in [-0.2, -0.15) is 0 Å². The molecule has 1 aromatic heterocycles. The molecule has 0 aliphatic rings. The molecule has 0 atom stereocenters. The minimum Gasteiger partial charge on any atom is -0.466 e. The highest BCUT2D eigenvalue weighted by Gasteiger charge is 2.14. The van der Waals surface area contributed by atoms with E-state index < -0.39 is 0 Å². The predicted molar refractivity (Wildman–Crippen MR) is 81.8 cm³/mol. The third kappa shape index (κ3) is 2.20. The molecule has 4 heteroatoms. The minimum atomic E-state index is -0.234. The highest BCUT2D eigenvalue weighted by molar-refractivity contribution is 9.10. The lowest BCUT2D eigenvalue weighted by Crippen LogP contribution is -2.06. The molecule has 3 nitrogen and oxygen atoms in total. The van der Waals surface area contributed by atoms with E-state index in [1.54, 1.807) is 13.2 Å². The lowest BCUT2D eigenvalue weighted by Gasteiger charge is -2.04. The van der Waals surface area contributed by atoms with Gasteiger partial charge in [0.2, 0.25) is 0 Å². The Labute approximate surface area is 124 Å². The fourth-order valence-corrected chi connectivity index (χ4v) is 2.92. The molecule has 1 heterocycles. The molecule has 0 bridgehead atoms. The summed E-state index contributed by atoms with van der Waals surface area (Å²) in [5.41, 5.74) is 1.65. The van der Waals surface area contributed by atoms with Crippen molar-refractivity contribution in [3.8, 4) is 0 Å². The standard InChI is InChI=1S/C16H13BrO3/c1-2-19-15(18)8-10-9-20-14-7-6-11-12(16(10)14)4-3-5-13(11)17/h3-7,9H,2,8H2,1H3. The Bertz CT molecular complexity index is 789. The molecular formula is C16H13BrO3. The van der Waals surface area contributed by atoms with Crippen LogP contribution in [0.15, 0.2) is 45.5 Å². The van der Waals surface area contributed by atoms with Crippen molar-refractivity contribution >= 4 is 43.6 Å². The van der Waals surface area contributed by atoms with Gasteiger partial charge in [-0.05, 0) is 35.9 Å². The van der Waals surface area contributed by atoms with Gasteiger partial charge in [0.05, 0.1) is 19.3 Å². The third-order valence-corrected chi connectivity index (χ3v) is 3.95. The first-order valence-electron chi connectivity index (χ1n) is 6.43. The molecular weight excluding hydrogens is 320 g/mol. The number of fused-ring (bicyclic) bond motifs is 3. The van der Waals surface area contributed by atoms with Crippen LogP contribution < -0.4 is 0 Å². The molecule has 0 saturated heterocycles. The third-order valence-electron chi connectivity index (χ3n) is 3.26. The fraction of sp³-hybridized carbons (Fsp3) is 0.188. The number of furan rings is 1. The van der Waals surface area contributed by atoms with Crippen LogP contribution in [-0.4, -0.2) is 12.6 Å². The van der Waals surface area contributed by atoms with E-state index in [9.17, 15) is 4.79 Å². The van der Waals surface area contributed by atoms with Crippen LogP contribution in [0.1, 0.15) is 12.5 Å². The number of esters is 1. The van der Waals surface area contributed by atoms with Gasteiger partial charge in [0, 0.05) is 15.4 Å². The van der Waals surface area contributed by atoms with Gasteiger partial charge in [-0.15, -0.1) is 0 Å². The fourth-order valence-electron chi connectivity index (χ4n) is 2.42. The summed E-state index contributed by atoms with van der Waals surface area (Å²) in [6, 6.07) is 9.95. The van der Waals surface area contributed by atoms with Crippen molar-refractivity contribution in [2.45, 2.75) is 13.3 Å². The Morgan fingerprint density at radius 3 is 2.90 bits per heavy atom. The molecule has 0 saturated carbocycles. The van der Waals surface area contributed by atoms with E-state index >= 15 is 0 Å². The number of hydrogen-bond donors (Lipinski definition) is 0. The van der Waals surface area contributed by atoms with E-state index in [4.69, 9.17) is 9.15 Å². The SMILES string of the molecule is CCOC(=O)Cc1coc2ccc3c(Br)cccc3c12. The van der Waals surface area contributed by atoms with Gasteiger partial charge in [0.1, 0.15) is 5.58 Å². The molecule has 0 radical (unpaired) electrons. The molecule has 102 valence electrons. The molecule has 2 aromatic carbocycles. The van der Waals surface area contributed by atoms with Gasteiger partial charge in [0.15, 0.2) is 0 Å². The monoisotopic (exact) mass is 332 g/mol. The Hall–Kier alpha value is -1.81. The summed E-state index contributed by atoms with van der Waals surface area (Å²) in [4.78, 5) is 11.7. The number of carbonyl (C=O) groups excluding carboxylic acids is 1. The molecule has 20 heavy (non-hydrogen) atoms. The zero-order valence-electron chi connectivity index (χ0n) is 11.0. The quantitative estimate of drug-likeness (QED) is 0.665. The second-order valence-corrected chi connectivity index (χ2v) is 5.37. The number of halogens is 1. The summed E-state index contributed by atoms with van der Waals surface area (Å²) in [6.07, 6.45) is 1.87. The summed E-state index contributed by atoms with van der Waals surface area (Å²) in [7, 11) is 0. The van der Waals surface area contributed by atoms with Gasteiger partial charge < -0.3 is 9.15 Å². The number of rotatable bonds is 3. The molecule has 3 aromatic rings. The average Bonchev–Trinajstić information content (AvgIpc) is 2.83. The Morgan fingerprint density at radius 1 is 1.25 bits per heavy atom. The van der Waals surface area contributed by atoms with Crippen LogP contribution in [0.4, 0.5) is 0 Å². The topological polar surface area (TPSA) is 39.4 Å². The normalized spacial score (nSPS) is 11.1. The molecule has 0 aliphatic heterocycles. The first-order chi connectivity index (χ1) is 9.70. The van der Waals surface area contributed by atoms with Gasteiger partial charge in [-0.25, -0.2) is 0 Å². The van der Waals surface area contributed by atoms with Crippen LogP contribution in [0.3, 0.4) is 0 Å². The van der Waals surface area contributed by atoms with E-state index in [1.807, 2.05) is 30.3 Å². The Kier molecular flexibility index (Phi) is 3.49. The maximum atomic E-state index is 11.7. The molecule has 0 unspecified atom stereocenters. The van der Waals surface area contributed by atoms with E-state index in [2.05, 4.69) is 15.9 Å². The van der Waals surface area contributed by atoms with E-state index in [1.165, 1.54) is 0 Å². The predicted octanol–water partition coefficient (Wildman–Crippen LogP) is 4.45. The zero-order valence-corrected chi connectivity index (χ0v) is 12.6. The second kappa shape index (κ2) is 5.29. The van der Waals surface area contributed by atoms with Crippen LogP contribution in [0.2, 0.25) is 0 Å². The summed E-state index contributed by atoms with van der Waals surface area (Å²) in [5, 5.41) is 3.16. The highest BCUT2D eigenvalue weighted by atomic mass is 79.9. The average molecular weight is 333 g/mol. The van der Waals surface area contributed by atoms with Crippen molar-refractivity contribution < 1.29 is 13.9 Å². The van der Waals surface area contributed by atoms with Crippen LogP contribution in [0, 0.1) is 0 Å². The number of hydrogen-bond acceptors (Lipinski definition) is 3. The lowest BCUT2D eigenvalue weighted by atomic mass is 10.0. The first kappa shape index (κ1) is 13.2. The van der Waals surface area contributed by atoms with Crippen LogP contribution >= 0.6 is 15.9 Å². The van der Waals surface area contributed by atoms with E-state index in [-0.39, 0.29) is 12.4 Å². The first-order valence-corrected chi connectivity index (χ1v) is 7.23. The van der Waals surface area contributed by atoms with Crippen molar-refractivity contribution in [1.29, 1.82) is 0 Å². The summed E-state index contributed by atoms with van der Waals surface area (Å²) in [5.74, 6) is -0.234. The Balaban J connectivity index is 2.19. The minimum absolute atomic E-state index is 0.229. The van der Waals surface area contributed by atoms with Crippen molar-refractivity contribution in [3.05, 3.63) is 46.6 Å². The lowest BCUT2D eigenvalue weighted by molar-refractivity contribution is -0.142. The molecule has 0 fully saturated rings. The summed E-state index contributed by atoms with van der Waals surface area (Å²) < 4.78 is 11.6. The van der Waals surface area contributed by atoms with Crippen LogP contribution in [0.5, 0.6) is 0 Å². The maximum Gasteiger partial charge on any atom is 0.310 e. The Morgan fingerprint density at radius 2 is 2.10 bits per heavy atom. The summed E-state index contributed by atoms with van der Waals surface area (Å²) >= 11 is 3.55. The van der Waals surface area contributed by atoms with Gasteiger partial charge in [-0.1, -0.05) is 28.1 Å². The zero-order chi connectivity index (χ0) is 14.1. The van der Waals surface area contributed by atoms with Crippen molar-refractivity contribution in [1.82, 2.24) is 0 Å². The number of carbonyl (C=O) groups is 1. The molecule has 0 aliphatic carbocycles. The number of ether oxygens (including phenoxy) is 1. The van der Waals surface area contributed by atoms with E-state index in [0.717, 1.165) is 31.8 Å². The molecule has 0 amide bonds. The van der Waals surface area contributed by atoms with Crippen LogP contribution in [0.25, 0.3) is 21.7 Å². The smallest absolute Gasteiger partial charge is 0.310 e. The van der Waals surface area contributed by atoms with Gasteiger partial charge >= 0.3 is 5.97 Å². The number of benzene rings is 2. The van der Waals surface area contributed by atoms with Crippen molar-refractivity contribution in [2.24, 2.45) is 0 Å². The van der Waals surface area contributed by atoms with Gasteiger partial charge in [-0.3, -0.25) is 4.79 Å². The molecule has 0 spiro atoms. The maximum absolute atomic E-state index is 11.7. The van der Waals surface area contributed by atoms with Gasteiger partial charge in [0.25, 0.3) is 0 Å². The molecule has 0 N–H and O–H groups in total. The van der Waals surface area contributed by atoms with Crippen LogP contribution in [-0.2, 0) is 16.0 Å². The molecule has 3 rings (SSSR count). The van der Waals surface area contributed by atoms with Crippen molar-refractivity contribution in [3.63, 3.8) is 0 Å².